The smallest absolute Gasteiger partial charge is 0.119 e. The molecule has 0 aromatic heterocycles. The number of methoxy groups -OCH3 is 1. The highest BCUT2D eigenvalue weighted by atomic mass is 16.5. The molecule has 1 N–H and O–H groups in total. The predicted octanol–water partition coefficient (Wildman–Crippen LogP) is 1.68. The van der Waals surface area contributed by atoms with Gasteiger partial charge in [0.05, 0.1) is 13.2 Å². The molecule has 1 aliphatic carbocycles. The summed E-state index contributed by atoms with van der Waals surface area (Å²) in [5.41, 5.74) is 2.32. The van der Waals surface area contributed by atoms with Crippen molar-refractivity contribution in [3.8, 4) is 5.75 Å². The summed E-state index contributed by atoms with van der Waals surface area (Å²) in [6.07, 6.45) is 2.89. The van der Waals surface area contributed by atoms with Gasteiger partial charge in [-0.2, -0.15) is 0 Å². The number of likely N-dealkylation sites (N-methyl/N-ethyl adjacent to an activating group) is 1. The van der Waals surface area contributed by atoms with Crippen LogP contribution in [0.1, 0.15) is 30.1 Å². The lowest BCUT2D eigenvalue weighted by Crippen LogP contribution is -2.42. The van der Waals surface area contributed by atoms with Crippen molar-refractivity contribution in [2.45, 2.75) is 37.5 Å². The van der Waals surface area contributed by atoms with Crippen LogP contribution in [-0.2, 0) is 6.42 Å². The zero-order valence-electron chi connectivity index (χ0n) is 13.2. The lowest BCUT2D eigenvalue weighted by Gasteiger charge is -2.37. The summed E-state index contributed by atoms with van der Waals surface area (Å²) < 4.78 is 5.31. The molecule has 1 aromatic rings. The number of hydrogen-bond acceptors (Lipinski definition) is 4. The van der Waals surface area contributed by atoms with Gasteiger partial charge in [-0.15, -0.1) is 0 Å². The molecule has 0 bridgehead atoms. The zero-order valence-corrected chi connectivity index (χ0v) is 13.2. The van der Waals surface area contributed by atoms with Crippen LogP contribution in [0.25, 0.3) is 0 Å². The minimum Gasteiger partial charge on any atom is -0.497 e. The Bertz CT molecular complexity index is 504. The van der Waals surface area contributed by atoms with E-state index in [1.807, 2.05) is 12.1 Å². The summed E-state index contributed by atoms with van der Waals surface area (Å²) in [4.78, 5) is 4.77. The first-order valence-corrected chi connectivity index (χ1v) is 7.85. The Hall–Kier alpha value is -1.10. The van der Waals surface area contributed by atoms with E-state index in [1.54, 1.807) is 7.11 Å². The molecule has 3 rings (SSSR count). The van der Waals surface area contributed by atoms with E-state index < -0.39 is 6.10 Å². The van der Waals surface area contributed by atoms with E-state index in [0.29, 0.717) is 6.04 Å². The van der Waals surface area contributed by atoms with E-state index in [0.717, 1.165) is 37.2 Å². The van der Waals surface area contributed by atoms with E-state index in [-0.39, 0.29) is 6.04 Å². The third-order valence-electron chi connectivity index (χ3n) is 5.14. The number of nitrogens with zero attached hydrogens (tertiary/aromatic N) is 2. The fraction of sp³-hybridized carbons (Fsp3) is 0.647. The fourth-order valence-electron chi connectivity index (χ4n) is 3.74. The minimum absolute atomic E-state index is 0.245. The molecule has 0 spiro atoms. The van der Waals surface area contributed by atoms with Gasteiger partial charge in [-0.25, -0.2) is 0 Å². The largest absolute Gasteiger partial charge is 0.497 e. The van der Waals surface area contributed by atoms with Crippen LogP contribution in [0.4, 0.5) is 0 Å². The first-order chi connectivity index (χ1) is 10.1. The van der Waals surface area contributed by atoms with Crippen molar-refractivity contribution < 1.29 is 9.84 Å². The highest BCUT2D eigenvalue weighted by Gasteiger charge is 2.36. The summed E-state index contributed by atoms with van der Waals surface area (Å²) in [5, 5.41) is 10.8. The first kappa shape index (κ1) is 14.8. The van der Waals surface area contributed by atoms with Crippen LogP contribution in [0.15, 0.2) is 18.2 Å². The Labute approximate surface area is 127 Å². The van der Waals surface area contributed by atoms with E-state index in [4.69, 9.17) is 4.74 Å². The molecule has 0 saturated carbocycles. The Morgan fingerprint density at radius 3 is 2.76 bits per heavy atom. The van der Waals surface area contributed by atoms with Crippen LogP contribution in [0.2, 0.25) is 0 Å². The Morgan fingerprint density at radius 2 is 2.10 bits per heavy atom. The molecule has 1 saturated heterocycles. The summed E-state index contributed by atoms with van der Waals surface area (Å²) in [6.45, 7) is 2.15. The maximum Gasteiger partial charge on any atom is 0.119 e. The van der Waals surface area contributed by atoms with Gasteiger partial charge in [-0.05, 0) is 56.6 Å². The van der Waals surface area contributed by atoms with Crippen LogP contribution in [-0.4, -0.2) is 61.3 Å². The van der Waals surface area contributed by atoms with Crippen LogP contribution >= 0.6 is 0 Å². The van der Waals surface area contributed by atoms with Crippen LogP contribution in [0.3, 0.4) is 0 Å². The molecular weight excluding hydrogens is 264 g/mol. The Kier molecular flexibility index (Phi) is 4.20. The number of rotatable bonds is 3. The number of benzene rings is 1. The third kappa shape index (κ3) is 2.80. The van der Waals surface area contributed by atoms with Crippen molar-refractivity contribution in [3.05, 3.63) is 29.3 Å². The second-order valence-corrected chi connectivity index (χ2v) is 6.52. The van der Waals surface area contributed by atoms with Gasteiger partial charge in [-0.3, -0.25) is 4.90 Å². The Morgan fingerprint density at radius 1 is 1.29 bits per heavy atom. The number of aryl methyl sites for hydroxylation is 1. The molecule has 0 amide bonds. The molecule has 0 radical (unpaired) electrons. The molecule has 4 heteroatoms. The molecule has 2 aliphatic rings. The van der Waals surface area contributed by atoms with Gasteiger partial charge >= 0.3 is 0 Å². The van der Waals surface area contributed by atoms with Crippen molar-refractivity contribution in [3.63, 3.8) is 0 Å². The lowest BCUT2D eigenvalue weighted by atomic mass is 9.85. The molecule has 3 unspecified atom stereocenters. The van der Waals surface area contributed by atoms with Crippen LogP contribution < -0.4 is 4.74 Å². The lowest BCUT2D eigenvalue weighted by molar-refractivity contribution is 0.0455. The molecule has 4 nitrogen and oxygen atoms in total. The second-order valence-electron chi connectivity index (χ2n) is 6.52. The van der Waals surface area contributed by atoms with Gasteiger partial charge in [0, 0.05) is 25.2 Å². The van der Waals surface area contributed by atoms with E-state index in [9.17, 15) is 5.11 Å². The van der Waals surface area contributed by atoms with Crippen LogP contribution in [0.5, 0.6) is 5.75 Å². The van der Waals surface area contributed by atoms with E-state index in [2.05, 4.69) is 30.0 Å². The van der Waals surface area contributed by atoms with Gasteiger partial charge in [-0.1, -0.05) is 6.07 Å². The average molecular weight is 290 g/mol. The second kappa shape index (κ2) is 5.95. The van der Waals surface area contributed by atoms with Crippen molar-refractivity contribution >= 4 is 0 Å². The number of aliphatic hydroxyl groups is 1. The van der Waals surface area contributed by atoms with Crippen LogP contribution in [0, 0.1) is 0 Å². The van der Waals surface area contributed by atoms with Gasteiger partial charge in [0.15, 0.2) is 0 Å². The van der Waals surface area contributed by atoms with Crippen molar-refractivity contribution in [1.82, 2.24) is 9.80 Å². The number of aliphatic hydroxyl groups excluding tert-OH is 1. The summed E-state index contributed by atoms with van der Waals surface area (Å²) in [7, 11) is 5.97. The maximum atomic E-state index is 10.8. The average Bonchev–Trinajstić information content (AvgIpc) is 2.97. The number of fused-ring (bicyclic) bond motifs is 1. The van der Waals surface area contributed by atoms with Gasteiger partial charge in [0.25, 0.3) is 0 Å². The highest BCUT2D eigenvalue weighted by molar-refractivity contribution is 5.39. The SMILES string of the molecule is COc1ccc2c(c1)C(O)C(N1CCC(N(C)C)C1)CC2. The zero-order chi connectivity index (χ0) is 15.0. The molecule has 21 heavy (non-hydrogen) atoms. The first-order valence-electron chi connectivity index (χ1n) is 7.85. The Balaban J connectivity index is 1.77. The summed E-state index contributed by atoms with van der Waals surface area (Å²) in [5.74, 6) is 0.834. The minimum atomic E-state index is -0.398. The normalized spacial score (nSPS) is 29.7. The molecule has 1 fully saturated rings. The molecule has 1 aromatic carbocycles. The molecule has 3 atom stereocenters. The van der Waals surface area contributed by atoms with Gasteiger partial charge in [0.1, 0.15) is 5.75 Å². The molecule has 1 aliphatic heterocycles. The predicted molar refractivity (Wildman–Crippen MR) is 83.7 cm³/mol. The third-order valence-corrected chi connectivity index (χ3v) is 5.14. The van der Waals surface area contributed by atoms with Crippen molar-refractivity contribution in [1.29, 1.82) is 0 Å². The summed E-state index contributed by atoms with van der Waals surface area (Å²) in [6, 6.07) is 6.95. The molecule has 116 valence electrons. The van der Waals surface area contributed by atoms with Gasteiger partial charge in [0.2, 0.25) is 0 Å². The van der Waals surface area contributed by atoms with Crippen molar-refractivity contribution in [2.75, 3.05) is 34.3 Å². The van der Waals surface area contributed by atoms with E-state index >= 15 is 0 Å². The fourth-order valence-corrected chi connectivity index (χ4v) is 3.74. The summed E-state index contributed by atoms with van der Waals surface area (Å²) >= 11 is 0. The topological polar surface area (TPSA) is 35.9 Å². The van der Waals surface area contributed by atoms with E-state index in [1.165, 1.54) is 12.0 Å². The highest BCUT2D eigenvalue weighted by Crippen LogP contribution is 2.36. The monoisotopic (exact) mass is 290 g/mol. The number of likely N-dealkylation sites (tertiary alicyclic amines) is 1. The molecular formula is C17H26N2O2. The maximum absolute atomic E-state index is 10.8. The molecule has 1 heterocycles. The number of ether oxygens (including phenoxy) is 1. The van der Waals surface area contributed by atoms with Gasteiger partial charge < -0.3 is 14.7 Å². The standard InChI is InChI=1S/C17H26N2O2/c1-18(2)13-8-9-19(11-13)16-7-5-12-4-6-14(21-3)10-15(12)17(16)20/h4,6,10,13,16-17,20H,5,7-9,11H2,1-3H3. The van der Waals surface area contributed by atoms with Crippen molar-refractivity contribution in [2.24, 2.45) is 0 Å². The quantitative estimate of drug-likeness (QED) is 0.919. The number of hydrogen-bond donors (Lipinski definition) is 1.